The van der Waals surface area contributed by atoms with E-state index in [4.69, 9.17) is 9.84 Å². The van der Waals surface area contributed by atoms with Gasteiger partial charge in [-0.25, -0.2) is 4.98 Å². The Labute approximate surface area is 92.0 Å². The van der Waals surface area contributed by atoms with Gasteiger partial charge in [-0.05, 0) is 22.0 Å². The highest BCUT2D eigenvalue weighted by molar-refractivity contribution is 9.10. The monoisotopic (exact) mass is 285 g/mol. The molecule has 1 N–H and O–H groups in total. The number of hydrogen-bond donors (Lipinski definition) is 1. The number of methoxy groups -OCH3 is 1. The van der Waals surface area contributed by atoms with Crippen LogP contribution in [0.3, 0.4) is 0 Å². The van der Waals surface area contributed by atoms with Crippen molar-refractivity contribution in [3.63, 3.8) is 0 Å². The summed E-state index contributed by atoms with van der Waals surface area (Å²) >= 11 is 2.98. The molecule has 1 heterocycles. The predicted octanol–water partition coefficient (Wildman–Crippen LogP) is 2.45. The normalized spacial score (nSPS) is 13.7. The van der Waals surface area contributed by atoms with Crippen molar-refractivity contribution in [1.29, 1.82) is 0 Å². The molecule has 0 amide bonds. The highest BCUT2D eigenvalue weighted by atomic mass is 79.9. The molecule has 0 fully saturated rings. The molecule has 84 valence electrons. The van der Waals surface area contributed by atoms with E-state index in [2.05, 4.69) is 20.9 Å². The first kappa shape index (κ1) is 12.3. The number of alkyl halides is 3. The zero-order valence-electron chi connectivity index (χ0n) is 7.55. The van der Waals surface area contributed by atoms with Gasteiger partial charge in [-0.2, -0.15) is 13.2 Å². The highest BCUT2D eigenvalue weighted by Crippen LogP contribution is 2.34. The van der Waals surface area contributed by atoms with Crippen LogP contribution in [0.1, 0.15) is 11.7 Å². The van der Waals surface area contributed by atoms with E-state index in [0.29, 0.717) is 0 Å². The molecule has 0 saturated heterocycles. The van der Waals surface area contributed by atoms with E-state index in [1.54, 1.807) is 0 Å². The SMILES string of the molecule is COc1ncc(C(O)C(F)(F)F)cc1Br. The summed E-state index contributed by atoms with van der Waals surface area (Å²) < 4.78 is 41.4. The Morgan fingerprint density at radius 1 is 1.53 bits per heavy atom. The molecule has 0 aliphatic rings. The first-order valence-electron chi connectivity index (χ1n) is 3.80. The van der Waals surface area contributed by atoms with Crippen LogP contribution in [-0.2, 0) is 0 Å². The van der Waals surface area contributed by atoms with Gasteiger partial charge in [-0.3, -0.25) is 0 Å². The molecule has 1 rings (SSSR count). The van der Waals surface area contributed by atoms with Gasteiger partial charge in [0, 0.05) is 11.8 Å². The Hall–Kier alpha value is -0.820. The van der Waals surface area contributed by atoms with Crippen LogP contribution in [0.4, 0.5) is 13.2 Å². The molecule has 7 heteroatoms. The van der Waals surface area contributed by atoms with E-state index in [1.165, 1.54) is 7.11 Å². The minimum absolute atomic E-state index is 0.160. The van der Waals surface area contributed by atoms with E-state index in [-0.39, 0.29) is 15.9 Å². The molecule has 0 radical (unpaired) electrons. The summed E-state index contributed by atoms with van der Waals surface area (Å²) in [6, 6.07) is 1.12. The smallest absolute Gasteiger partial charge is 0.418 e. The van der Waals surface area contributed by atoms with Crippen molar-refractivity contribution < 1.29 is 23.0 Å². The molecule has 1 atom stereocenters. The summed E-state index contributed by atoms with van der Waals surface area (Å²) in [5, 5.41) is 8.92. The van der Waals surface area contributed by atoms with Gasteiger partial charge >= 0.3 is 6.18 Å². The van der Waals surface area contributed by atoms with Crippen molar-refractivity contribution in [2.75, 3.05) is 7.11 Å². The minimum atomic E-state index is -4.70. The Balaban J connectivity index is 3.02. The average Bonchev–Trinajstić information content (AvgIpc) is 2.15. The summed E-state index contributed by atoms with van der Waals surface area (Å²) in [4.78, 5) is 3.60. The van der Waals surface area contributed by atoms with Gasteiger partial charge in [0.1, 0.15) is 0 Å². The average molecular weight is 286 g/mol. The van der Waals surface area contributed by atoms with Gasteiger partial charge in [0.25, 0.3) is 0 Å². The van der Waals surface area contributed by atoms with E-state index < -0.39 is 12.3 Å². The molecule has 0 aliphatic carbocycles. The van der Waals surface area contributed by atoms with Crippen molar-refractivity contribution >= 4 is 15.9 Å². The van der Waals surface area contributed by atoms with Crippen LogP contribution >= 0.6 is 15.9 Å². The van der Waals surface area contributed by atoms with Crippen LogP contribution in [-0.4, -0.2) is 23.4 Å². The third kappa shape index (κ3) is 2.82. The number of aliphatic hydroxyl groups is 1. The second-order valence-corrected chi connectivity index (χ2v) is 3.56. The first-order chi connectivity index (χ1) is 6.86. The largest absolute Gasteiger partial charge is 0.480 e. The number of nitrogens with zero attached hydrogens (tertiary/aromatic N) is 1. The first-order valence-corrected chi connectivity index (χ1v) is 4.59. The van der Waals surface area contributed by atoms with Gasteiger partial charge in [0.2, 0.25) is 5.88 Å². The van der Waals surface area contributed by atoms with E-state index in [0.717, 1.165) is 12.3 Å². The third-order valence-corrected chi connectivity index (χ3v) is 2.22. The summed E-state index contributed by atoms with van der Waals surface area (Å²) in [5.74, 6) is 0.160. The number of halogens is 4. The van der Waals surface area contributed by atoms with Gasteiger partial charge in [0.05, 0.1) is 11.6 Å². The summed E-state index contributed by atoms with van der Waals surface area (Å²) in [6.07, 6.45) is -6.32. The lowest BCUT2D eigenvalue weighted by Gasteiger charge is -2.15. The lowest BCUT2D eigenvalue weighted by atomic mass is 10.1. The molecule has 15 heavy (non-hydrogen) atoms. The minimum Gasteiger partial charge on any atom is -0.480 e. The number of aromatic nitrogens is 1. The fourth-order valence-electron chi connectivity index (χ4n) is 0.929. The number of ether oxygens (including phenoxy) is 1. The summed E-state index contributed by atoms with van der Waals surface area (Å²) in [7, 11) is 1.34. The standard InChI is InChI=1S/C8H7BrF3NO2/c1-15-7-5(9)2-4(3-13-7)6(14)8(10,11)12/h2-3,6,14H,1H3. The molecular formula is C8H7BrF3NO2. The Bertz CT molecular complexity index is 356. The Morgan fingerprint density at radius 3 is 2.53 bits per heavy atom. The van der Waals surface area contributed by atoms with Crippen molar-refractivity contribution in [1.82, 2.24) is 4.98 Å². The second kappa shape index (κ2) is 4.36. The molecule has 3 nitrogen and oxygen atoms in total. The van der Waals surface area contributed by atoms with E-state index in [9.17, 15) is 13.2 Å². The molecule has 0 aliphatic heterocycles. The van der Waals surface area contributed by atoms with Gasteiger partial charge < -0.3 is 9.84 Å². The maximum absolute atomic E-state index is 12.1. The van der Waals surface area contributed by atoms with Gasteiger partial charge in [-0.1, -0.05) is 0 Å². The molecule has 0 aromatic carbocycles. The molecule has 0 spiro atoms. The van der Waals surface area contributed by atoms with Crippen molar-refractivity contribution in [2.24, 2.45) is 0 Å². The number of hydrogen-bond acceptors (Lipinski definition) is 3. The molecule has 0 saturated carbocycles. The Kier molecular flexibility index (Phi) is 3.56. The molecule has 0 bridgehead atoms. The third-order valence-electron chi connectivity index (χ3n) is 1.65. The number of pyridine rings is 1. The van der Waals surface area contributed by atoms with Crippen LogP contribution in [0, 0.1) is 0 Å². The number of rotatable bonds is 2. The molecule has 1 aromatic rings. The maximum Gasteiger partial charge on any atom is 0.418 e. The van der Waals surface area contributed by atoms with Crippen molar-refractivity contribution in [3.05, 3.63) is 22.3 Å². The van der Waals surface area contributed by atoms with Crippen molar-refractivity contribution in [2.45, 2.75) is 12.3 Å². The van der Waals surface area contributed by atoms with Crippen molar-refractivity contribution in [3.8, 4) is 5.88 Å². The topological polar surface area (TPSA) is 42.4 Å². The number of aliphatic hydroxyl groups excluding tert-OH is 1. The van der Waals surface area contributed by atoms with E-state index >= 15 is 0 Å². The fourth-order valence-corrected chi connectivity index (χ4v) is 1.46. The maximum atomic E-state index is 12.1. The molecule has 1 aromatic heterocycles. The zero-order valence-corrected chi connectivity index (χ0v) is 9.13. The summed E-state index contributed by atoms with van der Waals surface area (Å²) in [5.41, 5.74) is -0.338. The Morgan fingerprint density at radius 2 is 2.13 bits per heavy atom. The van der Waals surface area contributed by atoms with Crippen LogP contribution < -0.4 is 4.74 Å². The van der Waals surface area contributed by atoms with Crippen LogP contribution in [0.2, 0.25) is 0 Å². The van der Waals surface area contributed by atoms with Gasteiger partial charge in [0.15, 0.2) is 6.10 Å². The van der Waals surface area contributed by atoms with Crippen LogP contribution in [0.15, 0.2) is 16.7 Å². The predicted molar refractivity (Wildman–Crippen MR) is 49.5 cm³/mol. The second-order valence-electron chi connectivity index (χ2n) is 2.70. The van der Waals surface area contributed by atoms with Crippen LogP contribution in [0.5, 0.6) is 5.88 Å². The van der Waals surface area contributed by atoms with Crippen LogP contribution in [0.25, 0.3) is 0 Å². The zero-order chi connectivity index (χ0) is 11.6. The highest BCUT2D eigenvalue weighted by Gasteiger charge is 2.39. The quantitative estimate of drug-likeness (QED) is 0.908. The van der Waals surface area contributed by atoms with Gasteiger partial charge in [-0.15, -0.1) is 0 Å². The molecular weight excluding hydrogens is 279 g/mol. The lowest BCUT2D eigenvalue weighted by Crippen LogP contribution is -2.20. The molecule has 1 unspecified atom stereocenters. The lowest BCUT2D eigenvalue weighted by molar-refractivity contribution is -0.206. The fraction of sp³-hybridized carbons (Fsp3) is 0.375. The summed E-state index contributed by atoms with van der Waals surface area (Å²) in [6.45, 7) is 0. The van der Waals surface area contributed by atoms with E-state index in [1.807, 2.05) is 0 Å².